The van der Waals surface area contributed by atoms with E-state index < -0.39 is 10.0 Å². The van der Waals surface area contributed by atoms with Gasteiger partial charge in [-0.05, 0) is 20.8 Å². The summed E-state index contributed by atoms with van der Waals surface area (Å²) in [7, 11) is -3.04. The average molecular weight is 206 g/mol. The van der Waals surface area contributed by atoms with Crippen molar-refractivity contribution in [3.8, 4) is 0 Å². The Morgan fingerprint density at radius 3 is 2.62 bits per heavy atom. The molecule has 1 heterocycles. The van der Waals surface area contributed by atoms with Crippen LogP contribution in [0.25, 0.3) is 0 Å². The van der Waals surface area contributed by atoms with Gasteiger partial charge < -0.3 is 5.32 Å². The summed E-state index contributed by atoms with van der Waals surface area (Å²) in [4.78, 5) is 0. The van der Waals surface area contributed by atoms with Gasteiger partial charge in [-0.2, -0.15) is 4.31 Å². The number of sulfonamides is 1. The van der Waals surface area contributed by atoms with Crippen molar-refractivity contribution in [2.45, 2.75) is 32.9 Å². The molecule has 1 aliphatic rings. The number of rotatable bonds is 1. The number of hydrogen-bond acceptors (Lipinski definition) is 3. The van der Waals surface area contributed by atoms with Crippen molar-refractivity contribution in [1.29, 1.82) is 0 Å². The Morgan fingerprint density at radius 2 is 2.08 bits per heavy atom. The summed E-state index contributed by atoms with van der Waals surface area (Å²) in [5.41, 5.74) is 0. The van der Waals surface area contributed by atoms with E-state index in [-0.39, 0.29) is 17.8 Å². The van der Waals surface area contributed by atoms with Crippen LogP contribution in [0.5, 0.6) is 0 Å². The second kappa shape index (κ2) is 3.94. The van der Waals surface area contributed by atoms with E-state index in [4.69, 9.17) is 0 Å². The van der Waals surface area contributed by atoms with Crippen LogP contribution < -0.4 is 5.32 Å². The molecule has 1 saturated heterocycles. The fourth-order valence-corrected chi connectivity index (χ4v) is 3.69. The molecule has 0 aromatic carbocycles. The van der Waals surface area contributed by atoms with Crippen LogP contribution in [0.3, 0.4) is 0 Å². The Kier molecular flexibility index (Phi) is 3.32. The van der Waals surface area contributed by atoms with Gasteiger partial charge in [0.1, 0.15) is 0 Å². The van der Waals surface area contributed by atoms with Gasteiger partial charge in [0, 0.05) is 25.2 Å². The van der Waals surface area contributed by atoms with E-state index in [1.165, 1.54) is 0 Å². The van der Waals surface area contributed by atoms with Gasteiger partial charge >= 0.3 is 0 Å². The van der Waals surface area contributed by atoms with Crippen LogP contribution in [-0.4, -0.2) is 43.6 Å². The van der Waals surface area contributed by atoms with Crippen LogP contribution >= 0.6 is 0 Å². The molecule has 1 unspecified atom stereocenters. The van der Waals surface area contributed by atoms with Crippen molar-refractivity contribution in [3.63, 3.8) is 0 Å². The number of hydrogen-bond donors (Lipinski definition) is 1. The van der Waals surface area contributed by atoms with E-state index in [2.05, 4.69) is 5.32 Å². The van der Waals surface area contributed by atoms with Crippen molar-refractivity contribution < 1.29 is 8.42 Å². The summed E-state index contributed by atoms with van der Waals surface area (Å²) < 4.78 is 25.1. The first-order valence-corrected chi connectivity index (χ1v) is 6.28. The molecule has 1 rings (SSSR count). The normalized spacial score (nSPS) is 30.3. The highest BCUT2D eigenvalue weighted by molar-refractivity contribution is 7.89. The minimum atomic E-state index is -3.04. The smallest absolute Gasteiger partial charge is 0.215 e. The zero-order valence-corrected chi connectivity index (χ0v) is 9.26. The molecular formula is C8H18N2O2S. The summed E-state index contributed by atoms with van der Waals surface area (Å²) >= 11 is 0. The van der Waals surface area contributed by atoms with E-state index >= 15 is 0 Å². The number of nitrogens with zero attached hydrogens (tertiary/aromatic N) is 1. The molecule has 1 fully saturated rings. The lowest BCUT2D eigenvalue weighted by molar-refractivity contribution is 0.290. The second-order valence-corrected chi connectivity index (χ2v) is 5.79. The Morgan fingerprint density at radius 1 is 1.46 bits per heavy atom. The molecule has 13 heavy (non-hydrogen) atoms. The molecule has 0 radical (unpaired) electrons. The van der Waals surface area contributed by atoms with Crippen LogP contribution in [0.2, 0.25) is 0 Å². The topological polar surface area (TPSA) is 49.4 Å². The molecule has 0 aromatic rings. The Balaban J connectivity index is 2.93. The number of nitrogens with one attached hydrogen (secondary N) is 1. The lowest BCUT2D eigenvalue weighted by Gasteiger charge is -2.29. The highest BCUT2D eigenvalue weighted by Crippen LogP contribution is 2.14. The van der Waals surface area contributed by atoms with Crippen molar-refractivity contribution in [2.24, 2.45) is 0 Å². The monoisotopic (exact) mass is 206 g/mol. The molecule has 1 aliphatic heterocycles. The van der Waals surface area contributed by atoms with E-state index in [0.717, 1.165) is 6.54 Å². The first-order chi connectivity index (χ1) is 5.95. The largest absolute Gasteiger partial charge is 0.314 e. The molecule has 78 valence electrons. The minimum Gasteiger partial charge on any atom is -0.314 e. The third-order valence-corrected chi connectivity index (χ3v) is 4.39. The lowest BCUT2D eigenvalue weighted by atomic mass is 10.3. The predicted octanol–water partition coefficient (Wildman–Crippen LogP) is 0.0183. The molecule has 0 spiro atoms. The van der Waals surface area contributed by atoms with Gasteiger partial charge in [0.2, 0.25) is 10.0 Å². The molecular weight excluding hydrogens is 188 g/mol. The van der Waals surface area contributed by atoms with E-state index in [0.29, 0.717) is 6.54 Å². The van der Waals surface area contributed by atoms with Gasteiger partial charge in [0.05, 0.1) is 5.75 Å². The molecule has 0 bridgehead atoms. The van der Waals surface area contributed by atoms with Crippen molar-refractivity contribution >= 4 is 10.0 Å². The van der Waals surface area contributed by atoms with Crippen LogP contribution in [0.15, 0.2) is 0 Å². The van der Waals surface area contributed by atoms with Crippen LogP contribution in [0.4, 0.5) is 0 Å². The minimum absolute atomic E-state index is 0.0555. The lowest BCUT2D eigenvalue weighted by Crippen LogP contribution is -2.45. The second-order valence-electron chi connectivity index (χ2n) is 3.79. The Labute approximate surface area is 80.4 Å². The molecule has 1 atom stereocenters. The molecule has 0 amide bonds. The zero-order valence-electron chi connectivity index (χ0n) is 8.45. The van der Waals surface area contributed by atoms with Crippen LogP contribution in [-0.2, 0) is 10.0 Å². The van der Waals surface area contributed by atoms with Gasteiger partial charge in [0.25, 0.3) is 0 Å². The first-order valence-electron chi connectivity index (χ1n) is 4.67. The summed E-state index contributed by atoms with van der Waals surface area (Å²) in [5.74, 6) is 0.218. The highest BCUT2D eigenvalue weighted by Gasteiger charge is 2.31. The fraction of sp³-hybridized carbons (Fsp3) is 1.00. The highest BCUT2D eigenvalue weighted by atomic mass is 32.2. The zero-order chi connectivity index (χ0) is 10.1. The molecule has 0 saturated carbocycles. The molecule has 5 heteroatoms. The maximum Gasteiger partial charge on any atom is 0.215 e. The average Bonchev–Trinajstić information content (AvgIpc) is 2.07. The Bertz CT molecular complexity index is 261. The van der Waals surface area contributed by atoms with Gasteiger partial charge in [-0.15, -0.1) is 0 Å². The Hall–Kier alpha value is -0.130. The first kappa shape index (κ1) is 10.9. The van der Waals surface area contributed by atoms with Crippen molar-refractivity contribution in [3.05, 3.63) is 0 Å². The van der Waals surface area contributed by atoms with Crippen molar-refractivity contribution in [1.82, 2.24) is 9.62 Å². The SMILES string of the molecule is CC(C)N1C(C)CNCCS1(=O)=O. The summed E-state index contributed by atoms with van der Waals surface area (Å²) in [6.07, 6.45) is 0. The van der Waals surface area contributed by atoms with Gasteiger partial charge in [-0.1, -0.05) is 0 Å². The summed E-state index contributed by atoms with van der Waals surface area (Å²) in [5, 5.41) is 3.12. The third-order valence-electron chi connectivity index (χ3n) is 2.24. The molecule has 4 nitrogen and oxygen atoms in total. The molecule has 1 N–H and O–H groups in total. The van der Waals surface area contributed by atoms with Crippen LogP contribution in [0.1, 0.15) is 20.8 Å². The predicted molar refractivity (Wildman–Crippen MR) is 53.1 cm³/mol. The summed E-state index contributed by atoms with van der Waals surface area (Å²) in [6.45, 7) is 7.09. The van der Waals surface area contributed by atoms with Crippen LogP contribution in [0, 0.1) is 0 Å². The standard InChI is InChI=1S/C8H18N2O2S/c1-7(2)10-8(3)6-9-4-5-13(10,11)12/h7-9H,4-6H2,1-3H3. The quantitative estimate of drug-likeness (QED) is 0.658. The van der Waals surface area contributed by atoms with E-state index in [1.807, 2.05) is 20.8 Å². The molecule has 0 aliphatic carbocycles. The van der Waals surface area contributed by atoms with E-state index in [9.17, 15) is 8.42 Å². The summed E-state index contributed by atoms with van der Waals surface area (Å²) in [6, 6.07) is 0.118. The van der Waals surface area contributed by atoms with Crippen molar-refractivity contribution in [2.75, 3.05) is 18.8 Å². The van der Waals surface area contributed by atoms with Gasteiger partial charge in [-0.25, -0.2) is 8.42 Å². The molecule has 0 aromatic heterocycles. The van der Waals surface area contributed by atoms with Gasteiger partial charge in [0.15, 0.2) is 0 Å². The maximum absolute atomic E-state index is 11.7. The third kappa shape index (κ3) is 2.42. The maximum atomic E-state index is 11.7. The van der Waals surface area contributed by atoms with E-state index in [1.54, 1.807) is 4.31 Å². The van der Waals surface area contributed by atoms with Gasteiger partial charge in [-0.3, -0.25) is 0 Å². The fourth-order valence-electron chi connectivity index (χ4n) is 1.81.